The molecular formula is C19H22ClN3O2. The summed E-state index contributed by atoms with van der Waals surface area (Å²) in [5.41, 5.74) is 1.76. The Morgan fingerprint density at radius 3 is 2.12 bits per heavy atom. The number of para-hydroxylation sites is 2. The van der Waals surface area contributed by atoms with Crippen LogP contribution in [0.2, 0.25) is 0 Å². The summed E-state index contributed by atoms with van der Waals surface area (Å²) in [6.45, 7) is 1.16. The molecule has 6 heteroatoms. The van der Waals surface area contributed by atoms with Crippen molar-refractivity contribution in [1.29, 1.82) is 0 Å². The summed E-state index contributed by atoms with van der Waals surface area (Å²) in [6.07, 6.45) is 2.51. The highest BCUT2D eigenvalue weighted by Crippen LogP contribution is 2.27. The Hall–Kier alpha value is -2.37. The van der Waals surface area contributed by atoms with Crippen LogP contribution in [0.3, 0.4) is 0 Å². The summed E-state index contributed by atoms with van der Waals surface area (Å²) in [7, 11) is 0. The SMILES string of the molecule is Cl.O=C(CNCC1CC1)Nc1ccccc1NC(=O)c1ccccc1. The van der Waals surface area contributed by atoms with Gasteiger partial charge < -0.3 is 16.0 Å². The largest absolute Gasteiger partial charge is 0.323 e. The van der Waals surface area contributed by atoms with Gasteiger partial charge in [-0.25, -0.2) is 0 Å². The van der Waals surface area contributed by atoms with Gasteiger partial charge in [0.1, 0.15) is 0 Å². The molecule has 0 heterocycles. The van der Waals surface area contributed by atoms with Crippen molar-refractivity contribution < 1.29 is 9.59 Å². The molecule has 0 spiro atoms. The number of benzene rings is 2. The Bertz CT molecular complexity index is 718. The fourth-order valence-corrected chi connectivity index (χ4v) is 2.39. The number of anilines is 2. The first-order chi connectivity index (χ1) is 11.7. The topological polar surface area (TPSA) is 70.2 Å². The zero-order chi connectivity index (χ0) is 16.8. The van der Waals surface area contributed by atoms with Gasteiger partial charge in [0.15, 0.2) is 0 Å². The number of carbonyl (C=O) groups excluding carboxylic acids is 2. The van der Waals surface area contributed by atoms with Crippen molar-refractivity contribution in [3.63, 3.8) is 0 Å². The predicted molar refractivity (Wildman–Crippen MR) is 102 cm³/mol. The van der Waals surface area contributed by atoms with Gasteiger partial charge in [-0.2, -0.15) is 0 Å². The van der Waals surface area contributed by atoms with Gasteiger partial charge in [-0.3, -0.25) is 9.59 Å². The smallest absolute Gasteiger partial charge is 0.255 e. The zero-order valence-corrected chi connectivity index (χ0v) is 14.6. The van der Waals surface area contributed by atoms with Crippen LogP contribution in [0.5, 0.6) is 0 Å². The van der Waals surface area contributed by atoms with E-state index in [1.165, 1.54) is 12.8 Å². The Morgan fingerprint density at radius 1 is 0.880 bits per heavy atom. The lowest BCUT2D eigenvalue weighted by atomic mass is 10.2. The molecule has 0 aromatic heterocycles. The van der Waals surface area contributed by atoms with Crippen molar-refractivity contribution in [2.24, 2.45) is 5.92 Å². The number of nitrogens with one attached hydrogen (secondary N) is 3. The Morgan fingerprint density at radius 2 is 1.48 bits per heavy atom. The van der Waals surface area contributed by atoms with Crippen LogP contribution in [0.15, 0.2) is 54.6 Å². The number of carbonyl (C=O) groups is 2. The highest BCUT2D eigenvalue weighted by atomic mass is 35.5. The normalized spacial score (nSPS) is 12.8. The van der Waals surface area contributed by atoms with Crippen molar-refractivity contribution in [2.45, 2.75) is 12.8 Å². The summed E-state index contributed by atoms with van der Waals surface area (Å²) in [5.74, 6) is 0.413. The Kier molecular flexibility index (Phi) is 6.98. The van der Waals surface area contributed by atoms with Gasteiger partial charge in [0.2, 0.25) is 5.91 Å². The van der Waals surface area contributed by atoms with Crippen molar-refractivity contribution >= 4 is 35.6 Å². The van der Waals surface area contributed by atoms with Gasteiger partial charge in [-0.05, 0) is 49.6 Å². The molecule has 1 fully saturated rings. The van der Waals surface area contributed by atoms with Crippen LogP contribution in [-0.4, -0.2) is 24.9 Å². The number of hydrogen-bond donors (Lipinski definition) is 3. The third-order valence-electron chi connectivity index (χ3n) is 3.90. The van der Waals surface area contributed by atoms with Gasteiger partial charge >= 0.3 is 0 Å². The highest BCUT2D eigenvalue weighted by Gasteiger charge is 2.20. The van der Waals surface area contributed by atoms with Gasteiger partial charge in [0.25, 0.3) is 5.91 Å². The molecule has 3 N–H and O–H groups in total. The second-order valence-electron chi connectivity index (χ2n) is 5.99. The Balaban J connectivity index is 0.00000225. The van der Waals surface area contributed by atoms with Crippen molar-refractivity contribution in [2.75, 3.05) is 23.7 Å². The number of rotatable bonds is 7. The van der Waals surface area contributed by atoms with E-state index in [0.717, 1.165) is 12.5 Å². The maximum atomic E-state index is 12.3. The van der Waals surface area contributed by atoms with Gasteiger partial charge in [-0.1, -0.05) is 30.3 Å². The van der Waals surface area contributed by atoms with E-state index < -0.39 is 0 Å². The third-order valence-corrected chi connectivity index (χ3v) is 3.90. The average molecular weight is 360 g/mol. The number of amides is 2. The highest BCUT2D eigenvalue weighted by molar-refractivity contribution is 6.07. The van der Waals surface area contributed by atoms with Crippen LogP contribution in [0, 0.1) is 5.92 Å². The van der Waals surface area contributed by atoms with Crippen molar-refractivity contribution in [1.82, 2.24) is 5.32 Å². The Labute approximate surface area is 153 Å². The molecule has 3 rings (SSSR count). The van der Waals surface area contributed by atoms with E-state index in [1.54, 1.807) is 24.3 Å². The summed E-state index contributed by atoms with van der Waals surface area (Å²) >= 11 is 0. The van der Waals surface area contributed by atoms with E-state index in [4.69, 9.17) is 0 Å². The van der Waals surface area contributed by atoms with E-state index in [9.17, 15) is 9.59 Å². The summed E-state index contributed by atoms with van der Waals surface area (Å²) in [5, 5.41) is 8.84. The fourth-order valence-electron chi connectivity index (χ4n) is 2.39. The molecule has 0 aliphatic heterocycles. The summed E-state index contributed by atoms with van der Waals surface area (Å²) in [4.78, 5) is 24.3. The molecule has 2 aromatic carbocycles. The maximum Gasteiger partial charge on any atom is 0.255 e. The standard InChI is InChI=1S/C19H21N3O2.ClH/c23-18(13-20-12-14-10-11-14)21-16-8-4-5-9-17(16)22-19(24)15-6-2-1-3-7-15;/h1-9,14,20H,10-13H2,(H,21,23)(H,22,24);1H. The molecule has 2 aromatic rings. The van der Waals surface area contributed by atoms with Gasteiger partial charge in [0, 0.05) is 5.56 Å². The number of halogens is 1. The van der Waals surface area contributed by atoms with E-state index >= 15 is 0 Å². The molecule has 132 valence electrons. The molecule has 2 amide bonds. The minimum atomic E-state index is -0.204. The predicted octanol–water partition coefficient (Wildman–Crippen LogP) is 3.30. The van der Waals surface area contributed by atoms with E-state index in [0.29, 0.717) is 16.9 Å². The number of hydrogen-bond acceptors (Lipinski definition) is 3. The lowest BCUT2D eigenvalue weighted by Crippen LogP contribution is -2.29. The minimum absolute atomic E-state index is 0. The zero-order valence-electron chi connectivity index (χ0n) is 13.8. The fraction of sp³-hybridized carbons (Fsp3) is 0.263. The minimum Gasteiger partial charge on any atom is -0.323 e. The molecule has 0 unspecified atom stereocenters. The average Bonchev–Trinajstić information content (AvgIpc) is 3.42. The lowest BCUT2D eigenvalue weighted by Gasteiger charge is -2.12. The molecular weight excluding hydrogens is 338 g/mol. The van der Waals surface area contributed by atoms with Crippen molar-refractivity contribution in [3.8, 4) is 0 Å². The maximum absolute atomic E-state index is 12.3. The van der Waals surface area contributed by atoms with Crippen LogP contribution in [-0.2, 0) is 4.79 Å². The van der Waals surface area contributed by atoms with Crippen LogP contribution < -0.4 is 16.0 Å². The first-order valence-electron chi connectivity index (χ1n) is 8.18. The van der Waals surface area contributed by atoms with Crippen LogP contribution in [0.4, 0.5) is 11.4 Å². The first kappa shape index (κ1) is 19.0. The monoisotopic (exact) mass is 359 g/mol. The van der Waals surface area contributed by atoms with Crippen molar-refractivity contribution in [3.05, 3.63) is 60.2 Å². The molecule has 0 atom stereocenters. The van der Waals surface area contributed by atoms with E-state index in [1.807, 2.05) is 30.3 Å². The second-order valence-corrected chi connectivity index (χ2v) is 5.99. The quantitative estimate of drug-likeness (QED) is 0.710. The van der Waals surface area contributed by atoms with E-state index in [2.05, 4.69) is 16.0 Å². The summed E-state index contributed by atoms with van der Waals surface area (Å²) in [6, 6.07) is 16.2. The van der Waals surface area contributed by atoms with E-state index in [-0.39, 0.29) is 30.8 Å². The molecule has 1 aliphatic carbocycles. The molecule has 0 radical (unpaired) electrons. The third kappa shape index (κ3) is 5.89. The van der Waals surface area contributed by atoms with Gasteiger partial charge in [-0.15, -0.1) is 12.4 Å². The van der Waals surface area contributed by atoms with Gasteiger partial charge in [0.05, 0.1) is 17.9 Å². The molecule has 1 saturated carbocycles. The summed E-state index contributed by atoms with van der Waals surface area (Å²) < 4.78 is 0. The van der Waals surface area contributed by atoms with Crippen LogP contribution >= 0.6 is 12.4 Å². The molecule has 5 nitrogen and oxygen atoms in total. The second kappa shape index (κ2) is 9.20. The molecule has 1 aliphatic rings. The molecule has 0 bridgehead atoms. The molecule has 0 saturated heterocycles. The lowest BCUT2D eigenvalue weighted by molar-refractivity contribution is -0.115. The molecule has 25 heavy (non-hydrogen) atoms. The van der Waals surface area contributed by atoms with Crippen LogP contribution in [0.1, 0.15) is 23.2 Å². The van der Waals surface area contributed by atoms with Crippen LogP contribution in [0.25, 0.3) is 0 Å². The first-order valence-corrected chi connectivity index (χ1v) is 8.18.